The van der Waals surface area contributed by atoms with Gasteiger partial charge in [-0.15, -0.1) is 0 Å². The molecule has 1 heterocycles. The molecule has 0 aliphatic carbocycles. The molecule has 0 bridgehead atoms. The average molecular weight is 458 g/mol. The molecule has 0 radical (unpaired) electrons. The first kappa shape index (κ1) is 23.9. The van der Waals surface area contributed by atoms with E-state index in [0.717, 1.165) is 29.4 Å². The number of amides is 2. The summed E-state index contributed by atoms with van der Waals surface area (Å²) in [6.07, 6.45) is 1.11. The van der Waals surface area contributed by atoms with Crippen molar-refractivity contribution in [3.05, 3.63) is 59.7 Å². The van der Waals surface area contributed by atoms with Crippen LogP contribution in [0, 0.1) is 18.8 Å². The Morgan fingerprint density at radius 1 is 1.06 bits per heavy atom. The van der Waals surface area contributed by atoms with Crippen LogP contribution in [0.25, 0.3) is 0 Å². The zero-order valence-corrected chi connectivity index (χ0v) is 19.9. The summed E-state index contributed by atoms with van der Waals surface area (Å²) in [5, 5.41) is 2.76. The van der Waals surface area contributed by atoms with Crippen molar-refractivity contribution in [3.8, 4) is 0 Å². The third kappa shape index (κ3) is 5.55. The number of aryl methyl sites for hydroxylation is 1. The summed E-state index contributed by atoms with van der Waals surface area (Å²) in [4.78, 5) is 27.6. The van der Waals surface area contributed by atoms with E-state index in [1.165, 1.54) is 19.2 Å². The number of likely N-dealkylation sites (tertiary alicyclic amines) is 1. The van der Waals surface area contributed by atoms with E-state index >= 15 is 0 Å². The van der Waals surface area contributed by atoms with Gasteiger partial charge in [0, 0.05) is 31.4 Å². The van der Waals surface area contributed by atoms with Gasteiger partial charge in [0.2, 0.25) is 15.9 Å². The molecule has 1 saturated heterocycles. The Bertz CT molecular complexity index is 1080. The van der Waals surface area contributed by atoms with Crippen LogP contribution in [0.15, 0.2) is 53.4 Å². The second-order valence-corrected chi connectivity index (χ2v) is 10.9. The summed E-state index contributed by atoms with van der Waals surface area (Å²) in [6.45, 7) is 7.24. The zero-order valence-electron chi connectivity index (χ0n) is 19.0. The van der Waals surface area contributed by atoms with Crippen LogP contribution in [-0.4, -0.2) is 56.1 Å². The Hall–Kier alpha value is -2.71. The summed E-state index contributed by atoms with van der Waals surface area (Å²) in [6, 6.07) is 13.2. The number of anilines is 1. The predicted molar refractivity (Wildman–Crippen MR) is 125 cm³/mol. The molecule has 0 spiro atoms. The molecule has 3 rings (SSSR count). The Labute approximate surface area is 190 Å². The highest BCUT2D eigenvalue weighted by Crippen LogP contribution is 2.24. The third-order valence-corrected chi connectivity index (χ3v) is 7.55. The van der Waals surface area contributed by atoms with Gasteiger partial charge in [-0.25, -0.2) is 8.42 Å². The molecular weight excluding hydrogens is 426 g/mol. The van der Waals surface area contributed by atoms with Crippen LogP contribution in [0.2, 0.25) is 0 Å². The summed E-state index contributed by atoms with van der Waals surface area (Å²) in [5.74, 6) is 0.381. The smallest absolute Gasteiger partial charge is 0.253 e. The number of carbonyl (C=O) groups is 2. The number of hydrogen-bond acceptors (Lipinski definition) is 4. The number of piperidine rings is 1. The SMILES string of the molecule is Cc1ccc(C(=O)N2CC(C)CC(C)C2)cc1NC(=O)CN(C)S(=O)(=O)c1ccccc1. The Morgan fingerprint density at radius 3 is 2.31 bits per heavy atom. The van der Waals surface area contributed by atoms with Gasteiger partial charge in [-0.2, -0.15) is 4.31 Å². The van der Waals surface area contributed by atoms with Gasteiger partial charge >= 0.3 is 0 Å². The third-order valence-electron chi connectivity index (χ3n) is 5.73. The van der Waals surface area contributed by atoms with Gasteiger partial charge in [0.25, 0.3) is 5.91 Å². The lowest BCUT2D eigenvalue weighted by Gasteiger charge is -2.35. The Kier molecular flexibility index (Phi) is 7.36. The van der Waals surface area contributed by atoms with Gasteiger partial charge in [0.05, 0.1) is 11.4 Å². The summed E-state index contributed by atoms with van der Waals surface area (Å²) < 4.78 is 26.3. The highest BCUT2D eigenvalue weighted by molar-refractivity contribution is 7.89. The highest BCUT2D eigenvalue weighted by Gasteiger charge is 2.27. The molecule has 32 heavy (non-hydrogen) atoms. The first-order valence-corrected chi connectivity index (χ1v) is 12.2. The summed E-state index contributed by atoms with van der Waals surface area (Å²) in [5.41, 5.74) is 1.81. The highest BCUT2D eigenvalue weighted by atomic mass is 32.2. The molecule has 1 fully saturated rings. The van der Waals surface area contributed by atoms with E-state index in [9.17, 15) is 18.0 Å². The largest absolute Gasteiger partial charge is 0.338 e. The maximum absolute atomic E-state index is 13.0. The number of nitrogens with zero attached hydrogens (tertiary/aromatic N) is 2. The molecule has 1 N–H and O–H groups in total. The van der Waals surface area contributed by atoms with Gasteiger partial charge in [-0.3, -0.25) is 9.59 Å². The normalized spacial score (nSPS) is 19.1. The number of benzene rings is 2. The van der Waals surface area contributed by atoms with E-state index in [1.807, 2.05) is 11.8 Å². The van der Waals surface area contributed by atoms with Gasteiger partial charge in [-0.05, 0) is 55.0 Å². The molecule has 7 nitrogen and oxygen atoms in total. The fourth-order valence-electron chi connectivity index (χ4n) is 4.15. The predicted octanol–water partition coefficient (Wildman–Crippen LogP) is 3.37. The number of hydrogen-bond donors (Lipinski definition) is 1. The van der Waals surface area contributed by atoms with Gasteiger partial charge in [0.15, 0.2) is 0 Å². The number of likely N-dealkylation sites (N-methyl/N-ethyl adjacent to an activating group) is 1. The van der Waals surface area contributed by atoms with Crippen molar-refractivity contribution in [2.45, 2.75) is 32.1 Å². The molecule has 2 unspecified atom stereocenters. The number of nitrogens with one attached hydrogen (secondary N) is 1. The zero-order chi connectivity index (χ0) is 23.5. The van der Waals surface area contributed by atoms with Crippen molar-refractivity contribution in [1.29, 1.82) is 0 Å². The minimum absolute atomic E-state index is 0.0531. The van der Waals surface area contributed by atoms with Crippen LogP contribution in [0.1, 0.15) is 36.2 Å². The first-order valence-electron chi connectivity index (χ1n) is 10.8. The molecule has 0 aromatic heterocycles. The monoisotopic (exact) mass is 457 g/mol. The molecule has 2 aromatic rings. The minimum Gasteiger partial charge on any atom is -0.338 e. The van der Waals surface area contributed by atoms with Crippen molar-refractivity contribution >= 4 is 27.5 Å². The van der Waals surface area contributed by atoms with E-state index < -0.39 is 15.9 Å². The molecule has 172 valence electrons. The summed E-state index contributed by atoms with van der Waals surface area (Å²) >= 11 is 0. The molecule has 2 amide bonds. The van der Waals surface area contributed by atoms with E-state index in [2.05, 4.69) is 19.2 Å². The van der Waals surface area contributed by atoms with Gasteiger partial charge < -0.3 is 10.2 Å². The van der Waals surface area contributed by atoms with Crippen molar-refractivity contribution in [2.24, 2.45) is 11.8 Å². The van der Waals surface area contributed by atoms with Crippen molar-refractivity contribution in [1.82, 2.24) is 9.21 Å². The first-order chi connectivity index (χ1) is 15.1. The number of sulfonamides is 1. The summed E-state index contributed by atoms with van der Waals surface area (Å²) in [7, 11) is -2.40. The molecule has 0 saturated carbocycles. The van der Waals surface area contributed by atoms with E-state index in [-0.39, 0.29) is 17.3 Å². The lowest BCUT2D eigenvalue weighted by molar-refractivity contribution is -0.116. The standard InChI is InChI=1S/C24H31N3O4S/c1-17-12-18(2)15-27(14-17)24(29)20-11-10-19(3)22(13-20)25-23(28)16-26(4)32(30,31)21-8-6-5-7-9-21/h5-11,13,17-18H,12,14-16H2,1-4H3,(H,25,28). The van der Waals surface area contributed by atoms with Crippen molar-refractivity contribution in [2.75, 3.05) is 32.0 Å². The molecule has 1 aliphatic heterocycles. The van der Waals surface area contributed by atoms with Crippen LogP contribution in [0.4, 0.5) is 5.69 Å². The quantitative estimate of drug-likeness (QED) is 0.721. The average Bonchev–Trinajstić information content (AvgIpc) is 2.74. The molecule has 2 atom stereocenters. The topological polar surface area (TPSA) is 86.8 Å². The van der Waals surface area contributed by atoms with Crippen LogP contribution in [-0.2, 0) is 14.8 Å². The van der Waals surface area contributed by atoms with Gasteiger partial charge in [-0.1, -0.05) is 38.1 Å². The number of carbonyl (C=O) groups excluding carboxylic acids is 2. The fourth-order valence-corrected chi connectivity index (χ4v) is 5.30. The molecular formula is C24H31N3O4S. The van der Waals surface area contributed by atoms with E-state index in [1.54, 1.807) is 36.4 Å². The van der Waals surface area contributed by atoms with Crippen LogP contribution < -0.4 is 5.32 Å². The molecule has 8 heteroatoms. The minimum atomic E-state index is -3.77. The molecule has 1 aliphatic rings. The van der Waals surface area contributed by atoms with Crippen LogP contribution >= 0.6 is 0 Å². The maximum Gasteiger partial charge on any atom is 0.253 e. The van der Waals surface area contributed by atoms with Crippen LogP contribution in [0.5, 0.6) is 0 Å². The van der Waals surface area contributed by atoms with Gasteiger partial charge in [0.1, 0.15) is 0 Å². The van der Waals surface area contributed by atoms with Crippen molar-refractivity contribution in [3.63, 3.8) is 0 Å². The second kappa shape index (κ2) is 9.83. The second-order valence-electron chi connectivity index (χ2n) is 8.81. The molecule has 2 aromatic carbocycles. The Balaban J connectivity index is 1.70. The lowest BCUT2D eigenvalue weighted by atomic mass is 9.91. The van der Waals surface area contributed by atoms with Crippen molar-refractivity contribution < 1.29 is 18.0 Å². The number of rotatable bonds is 6. The van der Waals surface area contributed by atoms with Crippen LogP contribution in [0.3, 0.4) is 0 Å². The maximum atomic E-state index is 13.0. The van der Waals surface area contributed by atoms with E-state index in [4.69, 9.17) is 0 Å². The fraction of sp³-hybridized carbons (Fsp3) is 0.417. The Morgan fingerprint density at radius 2 is 1.69 bits per heavy atom. The lowest BCUT2D eigenvalue weighted by Crippen LogP contribution is -2.42. The van der Waals surface area contributed by atoms with E-state index in [0.29, 0.717) is 23.1 Å².